The van der Waals surface area contributed by atoms with Gasteiger partial charge in [-0.2, -0.15) is 0 Å². The summed E-state index contributed by atoms with van der Waals surface area (Å²) in [6.07, 6.45) is 2.84. The van der Waals surface area contributed by atoms with Gasteiger partial charge in [-0.1, -0.05) is 17.7 Å². The second-order valence-electron chi connectivity index (χ2n) is 4.02. The molecule has 21 heavy (non-hydrogen) atoms. The molecule has 0 fully saturated rings. The topological polar surface area (TPSA) is 88.5 Å². The molecule has 1 heterocycles. The highest BCUT2D eigenvalue weighted by Gasteiger charge is 2.10. The number of anilines is 1. The Labute approximate surface area is 125 Å². The van der Waals surface area contributed by atoms with Crippen LogP contribution in [0.3, 0.4) is 0 Å². The van der Waals surface area contributed by atoms with Crippen LogP contribution in [0.15, 0.2) is 42.7 Å². The van der Waals surface area contributed by atoms with E-state index >= 15 is 0 Å². The molecule has 0 bridgehead atoms. The van der Waals surface area contributed by atoms with Gasteiger partial charge >= 0.3 is 5.97 Å². The summed E-state index contributed by atoms with van der Waals surface area (Å²) in [6.45, 7) is -0.451. The van der Waals surface area contributed by atoms with Crippen LogP contribution in [-0.4, -0.2) is 28.6 Å². The van der Waals surface area contributed by atoms with Crippen LogP contribution in [0.25, 0.3) is 0 Å². The molecule has 2 N–H and O–H groups in total. The number of pyridine rings is 1. The smallest absolute Gasteiger partial charge is 0.341 e. The number of benzene rings is 1. The molecule has 108 valence electrons. The molecule has 0 saturated heterocycles. The molecule has 1 aromatic heterocycles. The lowest BCUT2D eigenvalue weighted by Crippen LogP contribution is -2.13. The Kier molecular flexibility index (Phi) is 4.73. The normalized spacial score (nSPS) is 9.95. The van der Waals surface area contributed by atoms with Crippen LogP contribution in [0.2, 0.25) is 5.02 Å². The van der Waals surface area contributed by atoms with Crippen LogP contribution in [-0.2, 0) is 4.79 Å². The van der Waals surface area contributed by atoms with E-state index < -0.39 is 18.5 Å². The van der Waals surface area contributed by atoms with Crippen molar-refractivity contribution in [2.24, 2.45) is 0 Å². The maximum atomic E-state index is 12.1. The third-order valence-corrected chi connectivity index (χ3v) is 2.77. The first-order valence-electron chi connectivity index (χ1n) is 5.92. The summed E-state index contributed by atoms with van der Waals surface area (Å²) in [5.74, 6) is -1.12. The van der Waals surface area contributed by atoms with Gasteiger partial charge in [-0.15, -0.1) is 0 Å². The molecule has 0 radical (unpaired) electrons. The van der Waals surface area contributed by atoms with Crippen LogP contribution in [0.1, 0.15) is 10.4 Å². The molecule has 0 unspecified atom stereocenters. The predicted octanol–water partition coefficient (Wildman–Crippen LogP) is 2.45. The SMILES string of the molecule is O=C(O)COc1cccc(NC(=O)c2ccncc2Cl)c1. The summed E-state index contributed by atoms with van der Waals surface area (Å²) >= 11 is 5.89. The molecular weight excluding hydrogens is 296 g/mol. The van der Waals surface area contributed by atoms with Gasteiger partial charge in [0.05, 0.1) is 10.6 Å². The van der Waals surface area contributed by atoms with Gasteiger partial charge < -0.3 is 15.2 Å². The zero-order valence-corrected chi connectivity index (χ0v) is 11.5. The molecule has 6 nitrogen and oxygen atoms in total. The summed E-state index contributed by atoms with van der Waals surface area (Å²) in [4.78, 5) is 26.3. The van der Waals surface area contributed by atoms with Crippen molar-refractivity contribution < 1.29 is 19.4 Å². The second-order valence-corrected chi connectivity index (χ2v) is 4.43. The number of carbonyl (C=O) groups excluding carboxylic acids is 1. The van der Waals surface area contributed by atoms with Crippen LogP contribution in [0.5, 0.6) is 5.75 Å². The Balaban J connectivity index is 2.09. The highest BCUT2D eigenvalue weighted by atomic mass is 35.5. The van der Waals surface area contributed by atoms with E-state index in [4.69, 9.17) is 21.4 Å². The fourth-order valence-corrected chi connectivity index (χ4v) is 1.77. The Morgan fingerprint density at radius 1 is 1.33 bits per heavy atom. The Morgan fingerprint density at radius 2 is 2.14 bits per heavy atom. The molecule has 0 atom stereocenters. The van der Waals surface area contributed by atoms with Gasteiger partial charge in [0.15, 0.2) is 6.61 Å². The summed E-state index contributed by atoms with van der Waals surface area (Å²) < 4.78 is 5.03. The van der Waals surface area contributed by atoms with Gasteiger partial charge in [0.25, 0.3) is 5.91 Å². The average Bonchev–Trinajstić information content (AvgIpc) is 2.46. The lowest BCUT2D eigenvalue weighted by atomic mass is 10.2. The standard InChI is InChI=1S/C14H11ClN2O4/c15-12-7-16-5-4-11(12)14(20)17-9-2-1-3-10(6-9)21-8-13(18)19/h1-7H,8H2,(H,17,20)(H,18,19). The number of aromatic nitrogens is 1. The maximum Gasteiger partial charge on any atom is 0.341 e. The van der Waals surface area contributed by atoms with Gasteiger partial charge in [0.2, 0.25) is 0 Å². The van der Waals surface area contributed by atoms with Crippen LogP contribution in [0, 0.1) is 0 Å². The average molecular weight is 307 g/mol. The van der Waals surface area contributed by atoms with Crippen molar-refractivity contribution in [1.82, 2.24) is 4.98 Å². The van der Waals surface area contributed by atoms with Gasteiger partial charge in [-0.05, 0) is 18.2 Å². The Hall–Kier alpha value is -2.60. The van der Waals surface area contributed by atoms with E-state index in [1.165, 1.54) is 24.5 Å². The minimum absolute atomic E-state index is 0.244. The zero-order chi connectivity index (χ0) is 15.2. The number of carboxylic acids is 1. The van der Waals surface area contributed by atoms with Crippen LogP contribution < -0.4 is 10.1 Å². The monoisotopic (exact) mass is 306 g/mol. The largest absolute Gasteiger partial charge is 0.482 e. The van der Waals surface area contributed by atoms with Gasteiger partial charge in [0.1, 0.15) is 5.75 Å². The van der Waals surface area contributed by atoms with E-state index in [0.29, 0.717) is 17.0 Å². The zero-order valence-electron chi connectivity index (χ0n) is 10.7. The first kappa shape index (κ1) is 14.8. The van der Waals surface area contributed by atoms with Crippen LogP contribution in [0.4, 0.5) is 5.69 Å². The molecule has 1 aromatic carbocycles. The fourth-order valence-electron chi connectivity index (χ4n) is 1.57. The minimum Gasteiger partial charge on any atom is -0.482 e. The highest BCUT2D eigenvalue weighted by Crippen LogP contribution is 2.20. The number of nitrogens with zero attached hydrogens (tertiary/aromatic N) is 1. The molecule has 0 aliphatic heterocycles. The first-order chi connectivity index (χ1) is 10.1. The molecule has 1 amide bonds. The van der Waals surface area contributed by atoms with E-state index in [2.05, 4.69) is 10.3 Å². The molecule has 0 aliphatic rings. The number of hydrogen-bond acceptors (Lipinski definition) is 4. The number of amides is 1. The number of nitrogens with one attached hydrogen (secondary N) is 1. The first-order valence-corrected chi connectivity index (χ1v) is 6.29. The van der Waals surface area contributed by atoms with E-state index in [1.54, 1.807) is 18.2 Å². The summed E-state index contributed by atoms with van der Waals surface area (Å²) in [5, 5.41) is 11.4. The lowest BCUT2D eigenvalue weighted by molar-refractivity contribution is -0.139. The number of rotatable bonds is 5. The van der Waals surface area contributed by atoms with Gasteiger partial charge in [-0.3, -0.25) is 9.78 Å². The van der Waals surface area contributed by atoms with Crippen molar-refractivity contribution >= 4 is 29.2 Å². The maximum absolute atomic E-state index is 12.1. The molecule has 2 aromatic rings. The van der Waals surface area contributed by atoms with Crippen LogP contribution >= 0.6 is 11.6 Å². The molecule has 2 rings (SSSR count). The summed E-state index contributed by atoms with van der Waals surface area (Å²) in [5.41, 5.74) is 0.763. The van der Waals surface area contributed by atoms with Crippen molar-refractivity contribution in [2.75, 3.05) is 11.9 Å². The highest BCUT2D eigenvalue weighted by molar-refractivity contribution is 6.34. The van der Waals surface area contributed by atoms with E-state index in [9.17, 15) is 9.59 Å². The number of carboxylic acid groups (broad SMARTS) is 1. The van der Waals surface area contributed by atoms with Gasteiger partial charge in [0, 0.05) is 24.1 Å². The molecule has 0 saturated carbocycles. The second kappa shape index (κ2) is 6.71. The van der Waals surface area contributed by atoms with Crippen molar-refractivity contribution in [1.29, 1.82) is 0 Å². The summed E-state index contributed by atoms with van der Waals surface area (Å²) in [7, 11) is 0. The quantitative estimate of drug-likeness (QED) is 0.885. The molecular formula is C14H11ClN2O4. The number of aliphatic carboxylic acids is 1. The predicted molar refractivity (Wildman–Crippen MR) is 76.8 cm³/mol. The third kappa shape index (κ3) is 4.19. The van der Waals surface area contributed by atoms with Gasteiger partial charge in [-0.25, -0.2) is 4.79 Å². The number of carbonyl (C=O) groups is 2. The number of halogens is 1. The Bertz CT molecular complexity index is 676. The van der Waals surface area contributed by atoms with Crippen molar-refractivity contribution in [3.8, 4) is 5.75 Å². The molecule has 0 aliphatic carbocycles. The Morgan fingerprint density at radius 3 is 2.86 bits per heavy atom. The lowest BCUT2D eigenvalue weighted by Gasteiger charge is -2.08. The minimum atomic E-state index is -1.08. The number of hydrogen-bond donors (Lipinski definition) is 2. The van der Waals surface area contributed by atoms with E-state index in [0.717, 1.165) is 0 Å². The molecule has 7 heteroatoms. The third-order valence-electron chi connectivity index (χ3n) is 2.47. The fraction of sp³-hybridized carbons (Fsp3) is 0.0714. The van der Waals surface area contributed by atoms with Crippen molar-refractivity contribution in [3.63, 3.8) is 0 Å². The molecule has 0 spiro atoms. The van der Waals surface area contributed by atoms with Crippen molar-refractivity contribution in [3.05, 3.63) is 53.3 Å². The van der Waals surface area contributed by atoms with E-state index in [-0.39, 0.29) is 5.02 Å². The van der Waals surface area contributed by atoms with Crippen molar-refractivity contribution in [2.45, 2.75) is 0 Å². The summed E-state index contributed by atoms with van der Waals surface area (Å²) in [6, 6.07) is 7.91. The van der Waals surface area contributed by atoms with E-state index in [1.807, 2.05) is 0 Å². The number of ether oxygens (including phenoxy) is 1.